The molecule has 0 aromatic heterocycles. The Morgan fingerprint density at radius 2 is 1.68 bits per heavy atom. The van der Waals surface area contributed by atoms with Gasteiger partial charge in [-0.05, 0) is 36.6 Å². The summed E-state index contributed by atoms with van der Waals surface area (Å²) in [5, 5.41) is 3.55. The zero-order chi connectivity index (χ0) is 14.5. The second-order valence-electron chi connectivity index (χ2n) is 7.02. The fourth-order valence-corrected chi connectivity index (χ4v) is 4.46. The van der Waals surface area contributed by atoms with Crippen molar-refractivity contribution in [1.82, 2.24) is 5.32 Å². The van der Waals surface area contributed by atoms with Crippen LogP contribution in [0.4, 0.5) is 4.39 Å². The minimum Gasteiger partial charge on any atom is -0.314 e. The van der Waals surface area contributed by atoms with Gasteiger partial charge in [0.05, 0.1) is 0 Å². The molecule has 1 N–H and O–H groups in total. The molecular formula is C16H28FNSi. The molecular weight excluding hydrogens is 253 g/mol. The predicted octanol–water partition coefficient (Wildman–Crippen LogP) is 4.32. The first-order valence-electron chi connectivity index (χ1n) is 7.24. The van der Waals surface area contributed by atoms with Crippen molar-refractivity contribution in [1.29, 1.82) is 0 Å². The summed E-state index contributed by atoms with van der Waals surface area (Å²) in [5.74, 6) is 0.505. The van der Waals surface area contributed by atoms with Gasteiger partial charge in [-0.3, -0.25) is 0 Å². The minimum absolute atomic E-state index is 0.147. The number of hydrogen-bond donors (Lipinski definition) is 1. The van der Waals surface area contributed by atoms with Gasteiger partial charge in [0.2, 0.25) is 0 Å². The standard InChI is InChI=1S/C16H28FNSi/c1-13(2)18-11-15(12-19(3,4)5)10-14-6-8-16(17)9-7-14/h6-9,13,15,18H,10-12H2,1-5H3. The van der Waals surface area contributed by atoms with Gasteiger partial charge < -0.3 is 5.32 Å². The monoisotopic (exact) mass is 281 g/mol. The molecule has 0 saturated carbocycles. The molecule has 1 nitrogen and oxygen atoms in total. The number of rotatable bonds is 7. The topological polar surface area (TPSA) is 12.0 Å². The molecule has 1 atom stereocenters. The van der Waals surface area contributed by atoms with Crippen LogP contribution in [-0.4, -0.2) is 20.7 Å². The normalized spacial score (nSPS) is 13.8. The molecule has 0 aliphatic heterocycles. The summed E-state index contributed by atoms with van der Waals surface area (Å²) in [6.45, 7) is 12.7. The number of benzene rings is 1. The molecule has 0 aliphatic carbocycles. The van der Waals surface area contributed by atoms with Gasteiger partial charge in [-0.15, -0.1) is 0 Å². The van der Waals surface area contributed by atoms with Crippen LogP contribution in [0.15, 0.2) is 24.3 Å². The Kier molecular flexibility index (Phi) is 6.21. The molecule has 0 radical (unpaired) electrons. The highest BCUT2D eigenvalue weighted by atomic mass is 28.3. The summed E-state index contributed by atoms with van der Waals surface area (Å²) >= 11 is 0. The molecule has 19 heavy (non-hydrogen) atoms. The summed E-state index contributed by atoms with van der Waals surface area (Å²) in [4.78, 5) is 0. The summed E-state index contributed by atoms with van der Waals surface area (Å²) < 4.78 is 12.9. The highest BCUT2D eigenvalue weighted by Gasteiger charge is 2.20. The summed E-state index contributed by atoms with van der Waals surface area (Å²) in [6, 6.07) is 8.80. The van der Waals surface area contributed by atoms with Gasteiger partial charge in [-0.1, -0.05) is 51.7 Å². The molecule has 0 heterocycles. The summed E-state index contributed by atoms with van der Waals surface area (Å²) in [6.07, 6.45) is 1.05. The third-order valence-corrected chi connectivity index (χ3v) is 4.96. The average Bonchev–Trinajstić information content (AvgIpc) is 2.27. The van der Waals surface area contributed by atoms with Crippen molar-refractivity contribution in [3.05, 3.63) is 35.6 Å². The van der Waals surface area contributed by atoms with Crippen molar-refractivity contribution < 1.29 is 4.39 Å². The van der Waals surface area contributed by atoms with Gasteiger partial charge in [0.1, 0.15) is 5.82 Å². The van der Waals surface area contributed by atoms with Gasteiger partial charge in [0.25, 0.3) is 0 Å². The first-order valence-corrected chi connectivity index (χ1v) is 10.9. The molecule has 1 rings (SSSR count). The van der Waals surface area contributed by atoms with E-state index >= 15 is 0 Å². The average molecular weight is 281 g/mol. The van der Waals surface area contributed by atoms with E-state index in [2.05, 4.69) is 38.8 Å². The lowest BCUT2D eigenvalue weighted by Gasteiger charge is -2.26. The van der Waals surface area contributed by atoms with E-state index in [1.807, 2.05) is 12.1 Å². The zero-order valence-electron chi connectivity index (χ0n) is 13.0. The SMILES string of the molecule is CC(C)NCC(Cc1ccc(F)cc1)C[Si](C)(C)C. The van der Waals surface area contributed by atoms with Gasteiger partial charge in [0.15, 0.2) is 0 Å². The Morgan fingerprint density at radius 1 is 1.11 bits per heavy atom. The molecule has 0 fully saturated rings. The molecule has 3 heteroatoms. The van der Waals surface area contributed by atoms with Crippen LogP contribution in [-0.2, 0) is 6.42 Å². The maximum atomic E-state index is 12.9. The Hall–Kier alpha value is -0.673. The van der Waals surface area contributed by atoms with Gasteiger partial charge in [0, 0.05) is 14.1 Å². The maximum absolute atomic E-state index is 12.9. The van der Waals surface area contributed by atoms with Crippen LogP contribution in [0, 0.1) is 11.7 Å². The van der Waals surface area contributed by atoms with E-state index in [-0.39, 0.29) is 5.82 Å². The zero-order valence-corrected chi connectivity index (χ0v) is 14.0. The van der Waals surface area contributed by atoms with E-state index in [0.717, 1.165) is 13.0 Å². The van der Waals surface area contributed by atoms with Crippen LogP contribution in [0.1, 0.15) is 19.4 Å². The Bertz CT molecular complexity index is 367. The maximum Gasteiger partial charge on any atom is 0.123 e. The van der Waals surface area contributed by atoms with E-state index in [1.165, 1.54) is 11.6 Å². The first-order chi connectivity index (χ1) is 8.76. The van der Waals surface area contributed by atoms with E-state index in [4.69, 9.17) is 0 Å². The fraction of sp³-hybridized carbons (Fsp3) is 0.625. The van der Waals surface area contributed by atoms with Crippen LogP contribution in [0.25, 0.3) is 0 Å². The summed E-state index contributed by atoms with van der Waals surface area (Å²) in [7, 11) is -1.07. The highest BCUT2D eigenvalue weighted by molar-refractivity contribution is 6.76. The lowest BCUT2D eigenvalue weighted by molar-refractivity contribution is 0.471. The predicted molar refractivity (Wildman–Crippen MR) is 84.9 cm³/mol. The molecule has 108 valence electrons. The summed E-state index contributed by atoms with van der Waals surface area (Å²) in [5.41, 5.74) is 1.25. The smallest absolute Gasteiger partial charge is 0.123 e. The second kappa shape index (κ2) is 7.20. The minimum atomic E-state index is -1.07. The van der Waals surface area contributed by atoms with E-state index in [1.54, 1.807) is 12.1 Å². The first kappa shape index (κ1) is 16.4. The number of halogens is 1. The third-order valence-electron chi connectivity index (χ3n) is 3.15. The second-order valence-corrected chi connectivity index (χ2v) is 12.6. The molecule has 0 saturated heterocycles. The Morgan fingerprint density at radius 3 is 2.16 bits per heavy atom. The molecule has 0 amide bonds. The molecule has 0 aliphatic rings. The van der Waals surface area contributed by atoms with Crippen LogP contribution in [0.3, 0.4) is 0 Å². The van der Waals surface area contributed by atoms with Crippen LogP contribution in [0.2, 0.25) is 25.7 Å². The molecule has 0 bridgehead atoms. The molecule has 1 aromatic rings. The van der Waals surface area contributed by atoms with E-state index in [9.17, 15) is 4.39 Å². The Balaban J connectivity index is 2.64. The van der Waals surface area contributed by atoms with Crippen molar-refractivity contribution in [2.75, 3.05) is 6.54 Å². The van der Waals surface area contributed by atoms with Gasteiger partial charge >= 0.3 is 0 Å². The third kappa shape index (κ3) is 7.48. The van der Waals surface area contributed by atoms with Gasteiger partial charge in [-0.25, -0.2) is 4.39 Å². The fourth-order valence-electron chi connectivity index (χ4n) is 2.44. The van der Waals surface area contributed by atoms with Crippen LogP contribution in [0.5, 0.6) is 0 Å². The van der Waals surface area contributed by atoms with Crippen LogP contribution >= 0.6 is 0 Å². The lowest BCUT2D eigenvalue weighted by Crippen LogP contribution is -2.34. The van der Waals surface area contributed by atoms with E-state index < -0.39 is 8.07 Å². The van der Waals surface area contributed by atoms with Crippen molar-refractivity contribution in [2.24, 2.45) is 5.92 Å². The number of nitrogens with one attached hydrogen (secondary N) is 1. The van der Waals surface area contributed by atoms with Crippen molar-refractivity contribution in [3.8, 4) is 0 Å². The molecule has 1 aromatic carbocycles. The largest absolute Gasteiger partial charge is 0.314 e. The van der Waals surface area contributed by atoms with Crippen LogP contribution < -0.4 is 5.32 Å². The highest BCUT2D eigenvalue weighted by Crippen LogP contribution is 2.21. The Labute approximate surface area is 118 Å². The lowest BCUT2D eigenvalue weighted by atomic mass is 10.0. The van der Waals surface area contributed by atoms with Crippen molar-refractivity contribution >= 4 is 8.07 Å². The van der Waals surface area contributed by atoms with Gasteiger partial charge in [-0.2, -0.15) is 0 Å². The molecule has 1 unspecified atom stereocenters. The van der Waals surface area contributed by atoms with Crippen molar-refractivity contribution in [3.63, 3.8) is 0 Å². The van der Waals surface area contributed by atoms with Crippen molar-refractivity contribution in [2.45, 2.75) is 52.0 Å². The quantitative estimate of drug-likeness (QED) is 0.734. The van der Waals surface area contributed by atoms with E-state index in [0.29, 0.717) is 12.0 Å². The molecule has 0 spiro atoms. The number of hydrogen-bond acceptors (Lipinski definition) is 1.